The normalized spacial score (nSPS) is 18.2. The summed E-state index contributed by atoms with van der Waals surface area (Å²) < 4.78 is 0. The van der Waals surface area contributed by atoms with Gasteiger partial charge in [-0.1, -0.05) is 58.4 Å². The second kappa shape index (κ2) is 6.27. The van der Waals surface area contributed by atoms with Crippen LogP contribution >= 0.6 is 11.6 Å². The van der Waals surface area contributed by atoms with Crippen molar-refractivity contribution in [2.45, 2.75) is 52.4 Å². The van der Waals surface area contributed by atoms with E-state index in [1.807, 2.05) is 12.1 Å². The number of hydrogen-bond acceptors (Lipinski definition) is 5. The van der Waals surface area contributed by atoms with Gasteiger partial charge in [0.05, 0.1) is 5.69 Å². The molecule has 0 bridgehead atoms. The van der Waals surface area contributed by atoms with Crippen LogP contribution in [0, 0.1) is 0 Å². The quantitative estimate of drug-likeness (QED) is 0.461. The standard InChI is InChI=1S/C17H26ClN5O/c1-16(2,3)11-7-10(8-12(15(11)24)17(4,5)6)20-14-9-13(18)21-23(19)22-14/h7-9,21,24H,19H2,1-6H3,(H,20,22). The van der Waals surface area contributed by atoms with Crippen LogP contribution in [0.3, 0.4) is 0 Å². The maximum atomic E-state index is 10.7. The Morgan fingerprint density at radius 2 is 1.54 bits per heavy atom. The number of phenolic OH excluding ortho intramolecular Hbond substituents is 1. The van der Waals surface area contributed by atoms with Gasteiger partial charge in [-0.3, -0.25) is 10.9 Å². The van der Waals surface area contributed by atoms with Gasteiger partial charge in [0.15, 0.2) is 0 Å². The summed E-state index contributed by atoms with van der Waals surface area (Å²) in [6.45, 7) is 12.4. The fourth-order valence-corrected chi connectivity index (χ4v) is 2.67. The first kappa shape index (κ1) is 18.6. The highest BCUT2D eigenvalue weighted by Gasteiger charge is 2.26. The van der Waals surface area contributed by atoms with E-state index in [1.165, 1.54) is 0 Å². The molecule has 1 aromatic rings. The topological polar surface area (TPSA) is 85.9 Å². The molecule has 0 amide bonds. The van der Waals surface area contributed by atoms with Crippen LogP contribution in [0.25, 0.3) is 0 Å². The largest absolute Gasteiger partial charge is 0.507 e. The maximum absolute atomic E-state index is 10.7. The predicted molar refractivity (Wildman–Crippen MR) is 98.8 cm³/mol. The van der Waals surface area contributed by atoms with Crippen molar-refractivity contribution in [3.63, 3.8) is 0 Å². The fourth-order valence-electron chi connectivity index (χ4n) is 2.47. The molecule has 5 N–H and O–H groups in total. The lowest BCUT2D eigenvalue weighted by molar-refractivity contribution is 0.179. The molecule has 0 saturated carbocycles. The lowest BCUT2D eigenvalue weighted by atomic mass is 9.79. The van der Waals surface area contributed by atoms with Gasteiger partial charge in [-0.25, -0.2) is 10.8 Å². The first-order valence-electron chi connectivity index (χ1n) is 7.80. The van der Waals surface area contributed by atoms with Crippen LogP contribution in [0.2, 0.25) is 0 Å². The minimum atomic E-state index is -0.213. The second-order valence-corrected chi connectivity index (χ2v) is 8.38. The molecule has 132 valence electrons. The minimum Gasteiger partial charge on any atom is -0.507 e. The number of nitrogens with two attached hydrogens (primary N) is 1. The van der Waals surface area contributed by atoms with E-state index >= 15 is 0 Å². The van der Waals surface area contributed by atoms with Crippen molar-refractivity contribution >= 4 is 23.1 Å². The highest BCUT2D eigenvalue weighted by atomic mass is 35.5. The average molecular weight is 352 g/mol. The molecule has 0 spiro atoms. The van der Waals surface area contributed by atoms with E-state index < -0.39 is 0 Å². The third-order valence-corrected chi connectivity index (χ3v) is 3.88. The van der Waals surface area contributed by atoms with Gasteiger partial charge in [0.1, 0.15) is 16.7 Å². The van der Waals surface area contributed by atoms with Crippen LogP contribution in [-0.4, -0.2) is 16.2 Å². The van der Waals surface area contributed by atoms with Gasteiger partial charge in [0.25, 0.3) is 0 Å². The van der Waals surface area contributed by atoms with Gasteiger partial charge < -0.3 is 5.11 Å². The minimum absolute atomic E-state index is 0.213. The SMILES string of the molecule is CC(C)(C)c1cc(N=C2C=C(Cl)NN(N)N2)cc(C(C)(C)C)c1O. The van der Waals surface area contributed by atoms with Crippen molar-refractivity contribution in [2.24, 2.45) is 10.8 Å². The molecular weight excluding hydrogens is 326 g/mol. The zero-order valence-electron chi connectivity index (χ0n) is 15.0. The number of hydrogen-bond donors (Lipinski definition) is 4. The van der Waals surface area contributed by atoms with Crippen molar-refractivity contribution in [1.29, 1.82) is 0 Å². The van der Waals surface area contributed by atoms with Gasteiger partial charge >= 0.3 is 0 Å². The summed E-state index contributed by atoms with van der Waals surface area (Å²) in [6, 6.07) is 3.79. The van der Waals surface area contributed by atoms with Gasteiger partial charge in [-0.15, -0.1) is 0 Å². The number of hydrazine groups is 3. The molecule has 24 heavy (non-hydrogen) atoms. The first-order chi connectivity index (χ1) is 10.9. The molecule has 6 nitrogen and oxygen atoms in total. The molecule has 1 aliphatic heterocycles. The lowest BCUT2D eigenvalue weighted by Crippen LogP contribution is -2.56. The Morgan fingerprint density at radius 1 is 1.04 bits per heavy atom. The number of halogens is 1. The highest BCUT2D eigenvalue weighted by molar-refractivity contribution is 6.31. The fraction of sp³-hybridized carbons (Fsp3) is 0.471. The Hall–Kier alpha value is -1.76. The van der Waals surface area contributed by atoms with E-state index in [-0.39, 0.29) is 10.8 Å². The smallest absolute Gasteiger partial charge is 0.146 e. The molecule has 0 atom stereocenters. The van der Waals surface area contributed by atoms with Gasteiger partial charge in [-0.2, -0.15) is 0 Å². The van der Waals surface area contributed by atoms with Gasteiger partial charge in [0, 0.05) is 17.2 Å². The zero-order chi connectivity index (χ0) is 18.3. The number of rotatable bonds is 1. The Bertz CT molecular complexity index is 663. The third kappa shape index (κ3) is 4.20. The Labute approximate surface area is 148 Å². The van der Waals surface area contributed by atoms with E-state index in [1.54, 1.807) is 6.08 Å². The molecule has 0 radical (unpaired) electrons. The van der Waals surface area contributed by atoms with Crippen molar-refractivity contribution in [1.82, 2.24) is 16.1 Å². The Balaban J connectivity index is 2.61. The van der Waals surface area contributed by atoms with E-state index in [2.05, 4.69) is 57.4 Å². The molecule has 2 rings (SSSR count). The van der Waals surface area contributed by atoms with Crippen molar-refractivity contribution in [3.8, 4) is 5.75 Å². The summed E-state index contributed by atoms with van der Waals surface area (Å²) in [5, 5.41) is 12.2. The zero-order valence-corrected chi connectivity index (χ0v) is 15.8. The molecule has 7 heteroatoms. The highest BCUT2D eigenvalue weighted by Crippen LogP contribution is 2.41. The van der Waals surface area contributed by atoms with Crippen LogP contribution < -0.4 is 16.7 Å². The van der Waals surface area contributed by atoms with Gasteiger partial charge in [-0.05, 0) is 23.0 Å². The summed E-state index contributed by atoms with van der Waals surface area (Å²) in [5.41, 5.74) is 7.53. The molecule has 0 aromatic heterocycles. The molecule has 0 aliphatic carbocycles. The third-order valence-electron chi connectivity index (χ3n) is 3.69. The average Bonchev–Trinajstić information content (AvgIpc) is 2.36. The molecule has 0 unspecified atom stereocenters. The van der Waals surface area contributed by atoms with Crippen LogP contribution in [-0.2, 0) is 10.8 Å². The molecule has 1 aromatic carbocycles. The molecule has 0 saturated heterocycles. The van der Waals surface area contributed by atoms with Gasteiger partial charge in [0.2, 0.25) is 0 Å². The first-order valence-corrected chi connectivity index (χ1v) is 8.18. The van der Waals surface area contributed by atoms with Crippen molar-refractivity contribution in [2.75, 3.05) is 0 Å². The van der Waals surface area contributed by atoms with E-state index in [0.29, 0.717) is 16.7 Å². The summed E-state index contributed by atoms with van der Waals surface area (Å²) >= 11 is 5.97. The molecule has 0 fully saturated rings. The second-order valence-electron chi connectivity index (χ2n) is 7.97. The van der Waals surface area contributed by atoms with Crippen LogP contribution in [0.4, 0.5) is 5.69 Å². The van der Waals surface area contributed by atoms with E-state index in [9.17, 15) is 5.11 Å². The van der Waals surface area contributed by atoms with E-state index in [4.69, 9.17) is 17.4 Å². The lowest BCUT2D eigenvalue weighted by Gasteiger charge is -2.28. The van der Waals surface area contributed by atoms with Crippen molar-refractivity contribution in [3.05, 3.63) is 34.5 Å². The molecule has 1 heterocycles. The van der Waals surface area contributed by atoms with E-state index in [0.717, 1.165) is 22.0 Å². The number of nitrogens with zero attached hydrogens (tertiary/aromatic N) is 2. The molecule has 1 aliphatic rings. The molecular formula is C17H26ClN5O. The Kier molecular flexibility index (Phi) is 4.86. The maximum Gasteiger partial charge on any atom is 0.146 e. The van der Waals surface area contributed by atoms with Crippen LogP contribution in [0.1, 0.15) is 52.7 Å². The summed E-state index contributed by atoms with van der Waals surface area (Å²) in [5.74, 6) is 6.49. The number of aliphatic imine (C=N–C) groups is 1. The van der Waals surface area contributed by atoms with Crippen LogP contribution in [0.15, 0.2) is 28.4 Å². The number of amidine groups is 1. The Morgan fingerprint density at radius 3 is 1.96 bits per heavy atom. The number of phenols is 1. The number of benzene rings is 1. The van der Waals surface area contributed by atoms with Crippen LogP contribution in [0.5, 0.6) is 5.75 Å². The number of nitrogens with one attached hydrogen (secondary N) is 2. The summed E-state index contributed by atoms with van der Waals surface area (Å²) in [4.78, 5) is 4.58. The van der Waals surface area contributed by atoms with Crippen molar-refractivity contribution < 1.29 is 5.11 Å². The predicted octanol–water partition coefficient (Wildman–Crippen LogP) is 3.30. The number of aromatic hydroxyl groups is 1. The summed E-state index contributed by atoms with van der Waals surface area (Å²) in [6.07, 6.45) is 1.64. The summed E-state index contributed by atoms with van der Waals surface area (Å²) in [7, 11) is 0. The monoisotopic (exact) mass is 351 g/mol.